The maximum atomic E-state index is 15.8. The van der Waals surface area contributed by atoms with Gasteiger partial charge in [0.25, 0.3) is 0 Å². The summed E-state index contributed by atoms with van der Waals surface area (Å²) in [6, 6.07) is 13.5. The predicted molar refractivity (Wildman–Crippen MR) is 120 cm³/mol. The maximum Gasteiger partial charge on any atom is 0.159 e. The molecule has 5 rings (SSSR count). The first-order chi connectivity index (χ1) is 14.2. The molecule has 1 saturated heterocycles. The molecule has 0 atom stereocenters. The molecular formula is C23H20ClFN2OS. The van der Waals surface area contributed by atoms with Gasteiger partial charge in [0.05, 0.1) is 12.1 Å². The number of aromatic nitrogens is 1. The molecule has 0 unspecified atom stereocenters. The molecule has 1 aliphatic heterocycles. The summed E-state index contributed by atoms with van der Waals surface area (Å²) in [7, 11) is 1.61. The van der Waals surface area contributed by atoms with Crippen LogP contribution in [-0.2, 0) is 0 Å². The van der Waals surface area contributed by atoms with E-state index in [-0.39, 0.29) is 5.82 Å². The molecule has 6 heteroatoms. The molecule has 3 nitrogen and oxygen atoms in total. The Kier molecular flexibility index (Phi) is 4.80. The molecule has 0 aliphatic carbocycles. The van der Waals surface area contributed by atoms with Crippen molar-refractivity contribution in [2.24, 2.45) is 0 Å². The molecule has 0 N–H and O–H groups in total. The van der Waals surface area contributed by atoms with Gasteiger partial charge in [0, 0.05) is 24.0 Å². The highest BCUT2D eigenvalue weighted by atomic mass is 35.5. The van der Waals surface area contributed by atoms with Gasteiger partial charge in [-0.05, 0) is 65.3 Å². The zero-order chi connectivity index (χ0) is 20.0. The van der Waals surface area contributed by atoms with Gasteiger partial charge < -0.3 is 9.64 Å². The third-order valence-corrected chi connectivity index (χ3v) is 6.85. The van der Waals surface area contributed by atoms with Gasteiger partial charge in [-0.2, -0.15) is 4.37 Å². The van der Waals surface area contributed by atoms with Crippen LogP contribution >= 0.6 is 23.1 Å². The minimum atomic E-state index is -0.370. The van der Waals surface area contributed by atoms with Gasteiger partial charge in [0.2, 0.25) is 0 Å². The number of ether oxygens (including phenoxy) is 1. The fourth-order valence-electron chi connectivity index (χ4n) is 4.18. The van der Waals surface area contributed by atoms with E-state index in [2.05, 4.69) is 9.27 Å². The van der Waals surface area contributed by atoms with Crippen molar-refractivity contribution in [2.75, 3.05) is 25.1 Å². The largest absolute Gasteiger partial charge is 0.497 e. The van der Waals surface area contributed by atoms with Crippen molar-refractivity contribution in [3.63, 3.8) is 0 Å². The molecule has 0 radical (unpaired) electrons. The number of hydrogen-bond acceptors (Lipinski definition) is 4. The van der Waals surface area contributed by atoms with Crippen LogP contribution in [0.3, 0.4) is 0 Å². The Morgan fingerprint density at radius 2 is 1.86 bits per heavy atom. The number of piperidine rings is 1. The van der Waals surface area contributed by atoms with E-state index in [1.54, 1.807) is 7.11 Å². The number of nitrogens with zero attached hydrogens (tertiary/aromatic N) is 2. The zero-order valence-electron chi connectivity index (χ0n) is 16.0. The van der Waals surface area contributed by atoms with Gasteiger partial charge in [-0.1, -0.05) is 35.9 Å². The van der Waals surface area contributed by atoms with E-state index in [0.717, 1.165) is 52.7 Å². The highest BCUT2D eigenvalue weighted by Gasteiger charge is 2.23. The zero-order valence-corrected chi connectivity index (χ0v) is 17.6. The summed E-state index contributed by atoms with van der Waals surface area (Å²) >= 11 is 8.04. The van der Waals surface area contributed by atoms with Crippen LogP contribution in [-0.4, -0.2) is 24.6 Å². The van der Waals surface area contributed by atoms with E-state index in [1.165, 1.54) is 18.0 Å². The molecule has 0 amide bonds. The standard InChI is InChI=1S/C23H20ClFN2OS/c1-28-15-11-14-7-3-4-8-16(14)17(12-15)20-19(24)13-18-22(21(20)25)26-29-23(18)27-9-5-2-6-10-27/h3-4,7-8,11-13H,2,5-6,9-10H2,1H3. The second-order valence-corrected chi connectivity index (χ2v) is 8.53. The van der Waals surface area contributed by atoms with Crippen LogP contribution in [0.1, 0.15) is 19.3 Å². The summed E-state index contributed by atoms with van der Waals surface area (Å²) in [6.07, 6.45) is 3.56. The fraction of sp³-hybridized carbons (Fsp3) is 0.261. The topological polar surface area (TPSA) is 25.4 Å². The lowest BCUT2D eigenvalue weighted by Crippen LogP contribution is -2.28. The monoisotopic (exact) mass is 426 g/mol. The van der Waals surface area contributed by atoms with Crippen LogP contribution in [0.2, 0.25) is 5.02 Å². The second kappa shape index (κ2) is 7.47. The molecule has 1 aromatic heterocycles. The summed E-state index contributed by atoms with van der Waals surface area (Å²) in [6.45, 7) is 1.97. The highest BCUT2D eigenvalue weighted by molar-refractivity contribution is 7.11. The molecule has 3 aromatic carbocycles. The van der Waals surface area contributed by atoms with Gasteiger partial charge >= 0.3 is 0 Å². The molecule has 1 fully saturated rings. The third-order valence-electron chi connectivity index (χ3n) is 5.63. The minimum Gasteiger partial charge on any atom is -0.497 e. The fourth-order valence-corrected chi connectivity index (χ4v) is 5.38. The SMILES string of the molecule is COc1cc(-c2c(Cl)cc3c(N4CCCCC4)snc3c2F)c2ccccc2c1. The van der Waals surface area contributed by atoms with E-state index >= 15 is 4.39 Å². The van der Waals surface area contributed by atoms with E-state index in [9.17, 15) is 0 Å². The molecule has 0 bridgehead atoms. The van der Waals surface area contributed by atoms with Crippen molar-refractivity contribution in [3.05, 3.63) is 53.3 Å². The van der Waals surface area contributed by atoms with Crippen molar-refractivity contribution in [3.8, 4) is 16.9 Å². The summed E-state index contributed by atoms with van der Waals surface area (Å²) in [5, 5.41) is 4.12. The number of hydrogen-bond donors (Lipinski definition) is 0. The minimum absolute atomic E-state index is 0.370. The first-order valence-corrected chi connectivity index (χ1v) is 10.9. The van der Waals surface area contributed by atoms with Crippen molar-refractivity contribution >= 4 is 49.8 Å². The smallest absolute Gasteiger partial charge is 0.159 e. The van der Waals surface area contributed by atoms with Crippen LogP contribution in [0.25, 0.3) is 32.8 Å². The quantitative estimate of drug-likeness (QED) is 0.356. The molecule has 4 aromatic rings. The van der Waals surface area contributed by atoms with Crippen molar-refractivity contribution in [1.82, 2.24) is 4.37 Å². The lowest BCUT2D eigenvalue weighted by molar-refractivity contribution is 0.415. The number of benzene rings is 3. The molecule has 29 heavy (non-hydrogen) atoms. The van der Waals surface area contributed by atoms with Gasteiger partial charge in [-0.3, -0.25) is 0 Å². The van der Waals surface area contributed by atoms with Crippen molar-refractivity contribution < 1.29 is 9.13 Å². The molecule has 0 spiro atoms. The van der Waals surface area contributed by atoms with Crippen molar-refractivity contribution in [1.29, 1.82) is 0 Å². The van der Waals surface area contributed by atoms with Gasteiger partial charge in [0.15, 0.2) is 5.82 Å². The lowest BCUT2D eigenvalue weighted by Gasteiger charge is -2.27. The number of rotatable bonds is 3. The van der Waals surface area contributed by atoms with Crippen LogP contribution in [0, 0.1) is 5.82 Å². The van der Waals surface area contributed by atoms with Crippen LogP contribution in [0.4, 0.5) is 9.39 Å². The number of halogens is 2. The maximum absolute atomic E-state index is 15.8. The molecule has 2 heterocycles. The predicted octanol–water partition coefficient (Wildman–Crippen LogP) is 6.91. The molecule has 148 valence electrons. The Balaban J connectivity index is 1.74. The summed E-state index contributed by atoms with van der Waals surface area (Å²) in [5.74, 6) is 0.298. The van der Waals surface area contributed by atoms with Gasteiger partial charge in [0.1, 0.15) is 16.3 Å². The average molecular weight is 427 g/mol. The van der Waals surface area contributed by atoms with E-state index in [0.29, 0.717) is 21.9 Å². The Morgan fingerprint density at radius 1 is 1.07 bits per heavy atom. The van der Waals surface area contributed by atoms with Crippen LogP contribution < -0.4 is 9.64 Å². The average Bonchev–Trinajstić information content (AvgIpc) is 3.18. The van der Waals surface area contributed by atoms with E-state index in [4.69, 9.17) is 16.3 Å². The summed E-state index contributed by atoms with van der Waals surface area (Å²) in [4.78, 5) is 2.31. The summed E-state index contributed by atoms with van der Waals surface area (Å²) < 4.78 is 25.7. The Morgan fingerprint density at radius 3 is 2.66 bits per heavy atom. The summed E-state index contributed by atoms with van der Waals surface area (Å²) in [5.41, 5.74) is 1.49. The lowest BCUT2D eigenvalue weighted by atomic mass is 9.96. The van der Waals surface area contributed by atoms with E-state index < -0.39 is 0 Å². The second-order valence-electron chi connectivity index (χ2n) is 7.38. The number of methoxy groups -OCH3 is 1. The Labute approximate surface area is 177 Å². The Hall–Kier alpha value is -2.37. The van der Waals surface area contributed by atoms with Crippen LogP contribution in [0.5, 0.6) is 5.75 Å². The normalized spacial score (nSPS) is 14.7. The number of fused-ring (bicyclic) bond motifs is 2. The third kappa shape index (κ3) is 3.13. The Bertz CT molecular complexity index is 1220. The first-order valence-electron chi connectivity index (χ1n) is 9.77. The van der Waals surface area contributed by atoms with Crippen LogP contribution in [0.15, 0.2) is 42.5 Å². The molecule has 0 saturated carbocycles. The van der Waals surface area contributed by atoms with Gasteiger partial charge in [-0.25, -0.2) is 4.39 Å². The van der Waals surface area contributed by atoms with Gasteiger partial charge in [-0.15, -0.1) is 0 Å². The number of anilines is 1. The highest BCUT2D eigenvalue weighted by Crippen LogP contribution is 2.44. The van der Waals surface area contributed by atoms with E-state index in [1.807, 2.05) is 42.5 Å². The first kappa shape index (κ1) is 18.6. The molecule has 1 aliphatic rings. The molecular weight excluding hydrogens is 407 g/mol. The van der Waals surface area contributed by atoms with Crippen molar-refractivity contribution in [2.45, 2.75) is 19.3 Å².